The van der Waals surface area contributed by atoms with Gasteiger partial charge in [0.25, 0.3) is 0 Å². The Morgan fingerprint density at radius 2 is 2.12 bits per heavy atom. The Kier molecular flexibility index (Phi) is 2.74. The van der Waals surface area contributed by atoms with Crippen molar-refractivity contribution in [1.29, 1.82) is 0 Å². The molecule has 2 atom stereocenters. The molecule has 2 fully saturated rings. The summed E-state index contributed by atoms with van der Waals surface area (Å²) in [4.78, 5) is 18.3. The molecule has 1 aromatic heterocycles. The second-order valence-electron chi connectivity index (χ2n) is 5.22. The highest BCUT2D eigenvalue weighted by atomic mass is 16.4. The maximum absolute atomic E-state index is 11.6. The fourth-order valence-corrected chi connectivity index (χ4v) is 3.16. The number of piperidine rings is 2. The van der Waals surface area contributed by atoms with E-state index in [1.54, 1.807) is 6.20 Å². The van der Waals surface area contributed by atoms with Gasteiger partial charge in [0, 0.05) is 24.9 Å². The highest BCUT2D eigenvalue weighted by Crippen LogP contribution is 2.33. The van der Waals surface area contributed by atoms with Gasteiger partial charge in [-0.05, 0) is 19.8 Å². The lowest BCUT2D eigenvalue weighted by Gasteiger charge is -2.44. The van der Waals surface area contributed by atoms with E-state index in [2.05, 4.69) is 9.88 Å². The summed E-state index contributed by atoms with van der Waals surface area (Å²) >= 11 is 0. The molecule has 0 aromatic carbocycles. The van der Waals surface area contributed by atoms with E-state index in [1.807, 2.05) is 6.92 Å². The normalized spacial score (nSPS) is 29.6. The van der Waals surface area contributed by atoms with Crippen molar-refractivity contribution < 1.29 is 9.21 Å². The minimum absolute atomic E-state index is 0.419. The summed E-state index contributed by atoms with van der Waals surface area (Å²) in [6.07, 6.45) is 6.74. The fourth-order valence-electron chi connectivity index (χ4n) is 3.16. The molecule has 2 aliphatic rings. The average Bonchev–Trinajstić information content (AvgIpc) is 2.65. The lowest BCUT2D eigenvalue weighted by atomic mass is 9.84. The topological polar surface area (TPSA) is 46.3 Å². The van der Waals surface area contributed by atoms with E-state index in [0.29, 0.717) is 17.9 Å². The predicted molar refractivity (Wildman–Crippen MR) is 62.5 cm³/mol. The SMILES string of the molecule is Cc1cnc(CN2C3CCCC2CC(=O)C3)o1. The molecule has 4 nitrogen and oxygen atoms in total. The molecular weight excluding hydrogens is 216 g/mol. The average molecular weight is 234 g/mol. The number of nitrogens with zero attached hydrogens (tertiary/aromatic N) is 2. The van der Waals surface area contributed by atoms with Crippen molar-refractivity contribution in [1.82, 2.24) is 9.88 Å². The molecule has 3 rings (SSSR count). The number of aryl methyl sites for hydroxylation is 1. The molecule has 0 saturated carbocycles. The van der Waals surface area contributed by atoms with Gasteiger partial charge in [0.15, 0.2) is 0 Å². The van der Waals surface area contributed by atoms with Gasteiger partial charge in [-0.25, -0.2) is 4.98 Å². The Balaban J connectivity index is 1.76. The Morgan fingerprint density at radius 3 is 2.71 bits per heavy atom. The van der Waals surface area contributed by atoms with Crippen LogP contribution in [0.3, 0.4) is 0 Å². The first kappa shape index (κ1) is 11.0. The van der Waals surface area contributed by atoms with E-state index >= 15 is 0 Å². The lowest BCUT2D eigenvalue weighted by molar-refractivity contribution is -0.127. The van der Waals surface area contributed by atoms with Crippen LogP contribution < -0.4 is 0 Å². The van der Waals surface area contributed by atoms with E-state index in [9.17, 15) is 4.79 Å². The summed E-state index contributed by atoms with van der Waals surface area (Å²) in [6, 6.07) is 0.837. The van der Waals surface area contributed by atoms with E-state index in [0.717, 1.165) is 43.9 Å². The quantitative estimate of drug-likeness (QED) is 0.786. The van der Waals surface area contributed by atoms with Crippen LogP contribution in [-0.4, -0.2) is 27.8 Å². The third-order valence-corrected chi connectivity index (χ3v) is 3.93. The smallest absolute Gasteiger partial charge is 0.208 e. The van der Waals surface area contributed by atoms with Crippen LogP contribution >= 0.6 is 0 Å². The zero-order chi connectivity index (χ0) is 11.8. The standard InChI is InChI=1S/C13H18N2O2/c1-9-7-14-13(17-9)8-15-10-3-2-4-11(15)6-12(16)5-10/h7,10-11H,2-6,8H2,1H3. The number of hydrogen-bond donors (Lipinski definition) is 0. The molecule has 17 heavy (non-hydrogen) atoms. The van der Waals surface area contributed by atoms with Crippen LogP contribution in [0.4, 0.5) is 0 Å². The number of ketones is 1. The van der Waals surface area contributed by atoms with Gasteiger partial charge in [-0.2, -0.15) is 0 Å². The van der Waals surface area contributed by atoms with Crippen molar-refractivity contribution in [2.45, 2.75) is 57.7 Å². The number of aromatic nitrogens is 1. The number of Topliss-reactive ketones (excluding diaryl/α,β-unsaturated/α-hetero) is 1. The first-order chi connectivity index (χ1) is 8.22. The van der Waals surface area contributed by atoms with Gasteiger partial charge in [0.1, 0.15) is 11.5 Å². The summed E-state index contributed by atoms with van der Waals surface area (Å²) in [5.41, 5.74) is 0. The number of hydrogen-bond acceptors (Lipinski definition) is 4. The molecule has 0 N–H and O–H groups in total. The third-order valence-electron chi connectivity index (χ3n) is 3.93. The number of rotatable bonds is 2. The number of carbonyl (C=O) groups excluding carboxylic acids is 1. The van der Waals surface area contributed by atoms with Gasteiger partial charge in [0.2, 0.25) is 5.89 Å². The van der Waals surface area contributed by atoms with Gasteiger partial charge in [-0.3, -0.25) is 9.69 Å². The van der Waals surface area contributed by atoms with Gasteiger partial charge < -0.3 is 4.42 Å². The number of fused-ring (bicyclic) bond motifs is 2. The van der Waals surface area contributed by atoms with Gasteiger partial charge in [0.05, 0.1) is 12.7 Å². The van der Waals surface area contributed by atoms with E-state index < -0.39 is 0 Å². The Hall–Kier alpha value is -1.16. The Bertz CT molecular complexity index is 411. The molecule has 4 heteroatoms. The predicted octanol–water partition coefficient (Wildman–Crippen LogP) is 2.07. The van der Waals surface area contributed by atoms with E-state index in [4.69, 9.17) is 4.42 Å². The van der Waals surface area contributed by atoms with Crippen LogP contribution in [0, 0.1) is 6.92 Å². The maximum atomic E-state index is 11.6. The highest BCUT2D eigenvalue weighted by Gasteiger charge is 2.37. The van der Waals surface area contributed by atoms with E-state index in [1.165, 1.54) is 6.42 Å². The van der Waals surface area contributed by atoms with Gasteiger partial charge in [-0.15, -0.1) is 0 Å². The first-order valence-electron chi connectivity index (χ1n) is 6.41. The molecule has 0 radical (unpaired) electrons. The Labute approximate surface area is 101 Å². The van der Waals surface area contributed by atoms with Crippen LogP contribution in [0.1, 0.15) is 43.8 Å². The first-order valence-corrected chi connectivity index (χ1v) is 6.41. The van der Waals surface area contributed by atoms with Crippen molar-refractivity contribution >= 4 is 5.78 Å². The summed E-state index contributed by atoms with van der Waals surface area (Å²) in [5, 5.41) is 0. The second-order valence-corrected chi connectivity index (χ2v) is 5.22. The second kappa shape index (κ2) is 4.26. The summed E-state index contributed by atoms with van der Waals surface area (Å²) in [7, 11) is 0. The molecule has 0 amide bonds. The molecule has 2 aliphatic heterocycles. The Morgan fingerprint density at radius 1 is 1.41 bits per heavy atom. The number of oxazole rings is 1. The third kappa shape index (κ3) is 2.14. The monoisotopic (exact) mass is 234 g/mol. The van der Waals surface area contributed by atoms with Crippen LogP contribution in [0.25, 0.3) is 0 Å². The van der Waals surface area contributed by atoms with Gasteiger partial charge >= 0.3 is 0 Å². The number of carbonyl (C=O) groups is 1. The molecule has 2 unspecified atom stereocenters. The van der Waals surface area contributed by atoms with Crippen LogP contribution in [-0.2, 0) is 11.3 Å². The molecule has 0 aliphatic carbocycles. The van der Waals surface area contributed by atoms with Crippen molar-refractivity contribution in [3.8, 4) is 0 Å². The van der Waals surface area contributed by atoms with Crippen LogP contribution in [0.5, 0.6) is 0 Å². The van der Waals surface area contributed by atoms with Crippen LogP contribution in [0.15, 0.2) is 10.6 Å². The molecule has 2 bridgehead atoms. The molecular formula is C13H18N2O2. The zero-order valence-corrected chi connectivity index (χ0v) is 10.2. The summed E-state index contributed by atoms with van der Waals surface area (Å²) < 4.78 is 5.54. The molecule has 2 saturated heterocycles. The largest absolute Gasteiger partial charge is 0.445 e. The van der Waals surface area contributed by atoms with E-state index in [-0.39, 0.29) is 0 Å². The van der Waals surface area contributed by atoms with Gasteiger partial charge in [-0.1, -0.05) is 6.42 Å². The van der Waals surface area contributed by atoms with Crippen molar-refractivity contribution in [3.05, 3.63) is 17.8 Å². The van der Waals surface area contributed by atoms with Crippen LogP contribution in [0.2, 0.25) is 0 Å². The molecule has 92 valence electrons. The van der Waals surface area contributed by atoms with Crippen molar-refractivity contribution in [2.24, 2.45) is 0 Å². The summed E-state index contributed by atoms with van der Waals surface area (Å²) in [5.74, 6) is 2.08. The molecule has 1 aromatic rings. The maximum Gasteiger partial charge on any atom is 0.208 e. The van der Waals surface area contributed by atoms with Crippen molar-refractivity contribution in [3.63, 3.8) is 0 Å². The fraction of sp³-hybridized carbons (Fsp3) is 0.692. The molecule has 3 heterocycles. The summed E-state index contributed by atoms with van der Waals surface area (Å²) in [6.45, 7) is 2.67. The molecule has 0 spiro atoms. The highest BCUT2D eigenvalue weighted by molar-refractivity contribution is 5.80. The lowest BCUT2D eigenvalue weighted by Crippen LogP contribution is -2.51. The van der Waals surface area contributed by atoms with Crippen molar-refractivity contribution in [2.75, 3.05) is 0 Å². The minimum atomic E-state index is 0.419. The minimum Gasteiger partial charge on any atom is -0.445 e. The zero-order valence-electron chi connectivity index (χ0n) is 10.2.